The van der Waals surface area contributed by atoms with Gasteiger partial charge in [0.05, 0.1) is 16.9 Å². The summed E-state index contributed by atoms with van der Waals surface area (Å²) in [6.45, 7) is 4.33. The van der Waals surface area contributed by atoms with Crippen molar-refractivity contribution < 1.29 is 17.6 Å². The van der Waals surface area contributed by atoms with Crippen LogP contribution in [0, 0.1) is 5.82 Å². The summed E-state index contributed by atoms with van der Waals surface area (Å²) in [5, 5.41) is 14.0. The van der Waals surface area contributed by atoms with Gasteiger partial charge >= 0.3 is 0 Å². The van der Waals surface area contributed by atoms with E-state index in [0.29, 0.717) is 42.9 Å². The van der Waals surface area contributed by atoms with Crippen LogP contribution in [0.4, 0.5) is 10.2 Å². The minimum atomic E-state index is -3.42. The fourth-order valence-corrected chi connectivity index (χ4v) is 6.88. The van der Waals surface area contributed by atoms with Crippen LogP contribution in [0.5, 0.6) is 0 Å². The number of aromatic nitrogens is 5. The first-order valence-electron chi connectivity index (χ1n) is 12.1. The molecule has 0 saturated heterocycles. The molecule has 2 aromatic heterocycles. The number of nitrogens with one attached hydrogen (secondary N) is 1. The summed E-state index contributed by atoms with van der Waals surface area (Å²) in [4.78, 5) is 17.4. The zero-order chi connectivity index (χ0) is 25.4. The molecule has 2 aliphatic rings. The number of sulfonamides is 1. The van der Waals surface area contributed by atoms with Crippen LogP contribution in [-0.2, 0) is 23.0 Å². The summed E-state index contributed by atoms with van der Waals surface area (Å²) in [5.41, 5.74) is 1.67. The Labute approximate surface area is 209 Å². The van der Waals surface area contributed by atoms with E-state index in [1.807, 2.05) is 13.8 Å². The van der Waals surface area contributed by atoms with Crippen LogP contribution < -0.4 is 5.32 Å². The predicted molar refractivity (Wildman–Crippen MR) is 131 cm³/mol. The molecular formula is C24H28FN7O3S. The highest BCUT2D eigenvalue weighted by molar-refractivity contribution is 7.89. The van der Waals surface area contributed by atoms with E-state index in [2.05, 4.69) is 25.8 Å². The van der Waals surface area contributed by atoms with Crippen molar-refractivity contribution in [1.29, 1.82) is 0 Å². The van der Waals surface area contributed by atoms with E-state index in [-0.39, 0.29) is 29.2 Å². The second kappa shape index (κ2) is 9.66. The summed E-state index contributed by atoms with van der Waals surface area (Å²) < 4.78 is 44.1. The van der Waals surface area contributed by atoms with Gasteiger partial charge in [-0.2, -0.15) is 4.31 Å². The number of hydrogen-bond donors (Lipinski definition) is 1. The molecule has 10 nitrogen and oxygen atoms in total. The topological polar surface area (TPSA) is 123 Å². The fourth-order valence-electron chi connectivity index (χ4n) is 4.86. The van der Waals surface area contributed by atoms with Gasteiger partial charge in [0.15, 0.2) is 0 Å². The van der Waals surface area contributed by atoms with Gasteiger partial charge in [-0.15, -0.1) is 5.10 Å². The predicted octanol–water partition coefficient (Wildman–Crippen LogP) is 3.34. The summed E-state index contributed by atoms with van der Waals surface area (Å²) >= 11 is 0. The lowest BCUT2D eigenvalue weighted by molar-refractivity contribution is 0.102. The molecule has 0 radical (unpaired) electrons. The molecule has 1 aliphatic carbocycles. The Kier molecular flexibility index (Phi) is 6.56. The smallest absolute Gasteiger partial charge is 0.259 e. The van der Waals surface area contributed by atoms with E-state index in [1.165, 1.54) is 16.4 Å². The van der Waals surface area contributed by atoms with Crippen molar-refractivity contribution in [2.24, 2.45) is 0 Å². The van der Waals surface area contributed by atoms with Crippen molar-refractivity contribution in [3.8, 4) is 11.5 Å². The monoisotopic (exact) mass is 513 g/mol. The zero-order valence-electron chi connectivity index (χ0n) is 20.2. The maximum absolute atomic E-state index is 14.9. The number of amides is 1. The Hall–Kier alpha value is -3.25. The van der Waals surface area contributed by atoms with Gasteiger partial charge in [-0.3, -0.25) is 4.79 Å². The molecule has 0 atom stereocenters. The molecule has 3 heterocycles. The standard InChI is InChI=1S/C24H28FN7O3S/c1-15(2)32-23(28-29-30-32)21-8-5-9-22(26-21)27-24(33)19-12-17-14-31(11-10-16(17)13-20(19)25)36(34,35)18-6-3-4-7-18/h5,8-9,12-13,15,18H,3-4,6-7,10-11,14H2,1-2H3,(H,26,27,33). The highest BCUT2D eigenvalue weighted by atomic mass is 32.2. The molecule has 1 fully saturated rings. The molecule has 1 aromatic carbocycles. The third-order valence-electron chi connectivity index (χ3n) is 6.80. The van der Waals surface area contributed by atoms with Crippen molar-refractivity contribution in [1.82, 2.24) is 29.5 Å². The van der Waals surface area contributed by atoms with Gasteiger partial charge in [0.2, 0.25) is 15.8 Å². The number of benzene rings is 1. The number of pyridine rings is 1. The maximum Gasteiger partial charge on any atom is 0.259 e. The van der Waals surface area contributed by atoms with Gasteiger partial charge in [-0.25, -0.2) is 22.5 Å². The van der Waals surface area contributed by atoms with Gasteiger partial charge in [0, 0.05) is 13.1 Å². The molecule has 1 amide bonds. The third-order valence-corrected chi connectivity index (χ3v) is 9.14. The number of carbonyl (C=O) groups excluding carboxylic acids is 1. The molecule has 0 spiro atoms. The van der Waals surface area contributed by atoms with E-state index < -0.39 is 21.7 Å². The summed E-state index contributed by atoms with van der Waals surface area (Å²) in [6.07, 6.45) is 3.61. The van der Waals surface area contributed by atoms with E-state index in [9.17, 15) is 17.6 Å². The Balaban J connectivity index is 1.37. The molecule has 1 aliphatic heterocycles. The van der Waals surface area contributed by atoms with E-state index >= 15 is 0 Å². The average molecular weight is 514 g/mol. The zero-order valence-corrected chi connectivity index (χ0v) is 21.0. The second-order valence-electron chi connectivity index (χ2n) is 9.54. The van der Waals surface area contributed by atoms with Gasteiger partial charge < -0.3 is 5.32 Å². The SMILES string of the molecule is CC(C)n1nnnc1-c1cccc(NC(=O)c2cc3c(cc2F)CCN(S(=O)(=O)C2CCCC2)C3)n1. The molecule has 0 unspecified atom stereocenters. The number of halogens is 1. The number of anilines is 1. The molecule has 5 rings (SSSR count). The largest absolute Gasteiger partial charge is 0.306 e. The normalized spacial score (nSPS) is 16.9. The molecule has 1 saturated carbocycles. The van der Waals surface area contributed by atoms with Crippen LogP contribution in [0.25, 0.3) is 11.5 Å². The first-order chi connectivity index (χ1) is 17.2. The lowest BCUT2D eigenvalue weighted by Crippen LogP contribution is -2.41. The summed E-state index contributed by atoms with van der Waals surface area (Å²) in [7, 11) is -3.42. The first-order valence-corrected chi connectivity index (χ1v) is 13.6. The van der Waals surface area contributed by atoms with Crippen molar-refractivity contribution in [2.75, 3.05) is 11.9 Å². The Morgan fingerprint density at radius 3 is 2.69 bits per heavy atom. The van der Waals surface area contributed by atoms with E-state index in [0.717, 1.165) is 18.4 Å². The average Bonchev–Trinajstić information content (AvgIpc) is 3.56. The Morgan fingerprint density at radius 2 is 1.94 bits per heavy atom. The molecular weight excluding hydrogens is 485 g/mol. The van der Waals surface area contributed by atoms with Crippen LogP contribution in [0.1, 0.15) is 67.1 Å². The number of nitrogens with zero attached hydrogens (tertiary/aromatic N) is 6. The summed E-state index contributed by atoms with van der Waals surface area (Å²) in [5.74, 6) is -0.652. The van der Waals surface area contributed by atoms with Gasteiger partial charge in [-0.1, -0.05) is 18.9 Å². The number of rotatable bonds is 6. The second-order valence-corrected chi connectivity index (χ2v) is 11.8. The minimum Gasteiger partial charge on any atom is -0.306 e. The molecule has 0 bridgehead atoms. The quantitative estimate of drug-likeness (QED) is 0.536. The van der Waals surface area contributed by atoms with Crippen molar-refractivity contribution >= 4 is 21.7 Å². The lowest BCUT2D eigenvalue weighted by atomic mass is 9.97. The highest BCUT2D eigenvalue weighted by Gasteiger charge is 2.36. The van der Waals surface area contributed by atoms with Crippen LogP contribution >= 0.6 is 0 Å². The van der Waals surface area contributed by atoms with Gasteiger partial charge in [-0.05, 0) is 78.9 Å². The van der Waals surface area contributed by atoms with Crippen LogP contribution in [-0.4, -0.2) is 55.6 Å². The molecule has 1 N–H and O–H groups in total. The van der Waals surface area contributed by atoms with Crippen molar-refractivity contribution in [3.63, 3.8) is 0 Å². The highest BCUT2D eigenvalue weighted by Crippen LogP contribution is 2.31. The first kappa shape index (κ1) is 24.4. The fraction of sp³-hybridized carbons (Fsp3) is 0.458. The molecule has 3 aromatic rings. The van der Waals surface area contributed by atoms with Gasteiger partial charge in [0.1, 0.15) is 17.3 Å². The third kappa shape index (κ3) is 4.62. The number of carbonyl (C=O) groups is 1. The summed E-state index contributed by atoms with van der Waals surface area (Å²) in [6, 6.07) is 7.82. The van der Waals surface area contributed by atoms with E-state index in [1.54, 1.807) is 22.9 Å². The number of fused-ring (bicyclic) bond motifs is 1. The number of tetrazole rings is 1. The molecule has 190 valence electrons. The van der Waals surface area contributed by atoms with Gasteiger partial charge in [0.25, 0.3) is 5.91 Å². The van der Waals surface area contributed by atoms with Crippen molar-refractivity contribution in [2.45, 2.75) is 63.8 Å². The minimum absolute atomic E-state index is 0.0108. The molecule has 12 heteroatoms. The van der Waals surface area contributed by atoms with Crippen molar-refractivity contribution in [3.05, 3.63) is 52.8 Å². The van der Waals surface area contributed by atoms with Crippen LogP contribution in [0.15, 0.2) is 30.3 Å². The maximum atomic E-state index is 14.9. The number of hydrogen-bond acceptors (Lipinski definition) is 7. The molecule has 36 heavy (non-hydrogen) atoms. The lowest BCUT2D eigenvalue weighted by Gasteiger charge is -2.30. The Bertz CT molecular complexity index is 1400. The Morgan fingerprint density at radius 1 is 1.17 bits per heavy atom. The van der Waals surface area contributed by atoms with E-state index in [4.69, 9.17) is 0 Å². The van der Waals surface area contributed by atoms with Crippen LogP contribution in [0.3, 0.4) is 0 Å². The van der Waals surface area contributed by atoms with Crippen LogP contribution in [0.2, 0.25) is 0 Å².